The van der Waals surface area contributed by atoms with E-state index < -0.39 is 105 Å². The maximum absolute atomic E-state index is 10.8. The zero-order chi connectivity index (χ0) is 26.0. The second kappa shape index (κ2) is 12.3. The van der Waals surface area contributed by atoms with E-state index in [1.165, 1.54) is 14.2 Å². The van der Waals surface area contributed by atoms with Gasteiger partial charge in [0.25, 0.3) is 0 Å². The highest BCUT2D eigenvalue weighted by Crippen LogP contribution is 2.33. The van der Waals surface area contributed by atoms with Crippen molar-refractivity contribution in [2.75, 3.05) is 27.4 Å². The molecule has 0 radical (unpaired) electrons. The van der Waals surface area contributed by atoms with Crippen LogP contribution in [-0.2, 0) is 33.2 Å². The lowest BCUT2D eigenvalue weighted by Gasteiger charge is -2.48. The van der Waals surface area contributed by atoms with Gasteiger partial charge in [-0.3, -0.25) is 0 Å². The van der Waals surface area contributed by atoms with Crippen LogP contribution in [0, 0.1) is 0 Å². The van der Waals surface area contributed by atoms with E-state index in [0.29, 0.717) is 0 Å². The van der Waals surface area contributed by atoms with Gasteiger partial charge in [-0.25, -0.2) is 0 Å². The van der Waals surface area contributed by atoms with Crippen LogP contribution in [0.25, 0.3) is 0 Å². The van der Waals surface area contributed by atoms with Gasteiger partial charge >= 0.3 is 0 Å². The van der Waals surface area contributed by atoms with Crippen LogP contribution in [0.5, 0.6) is 0 Å². The Bertz CT molecular complexity index is 654. The van der Waals surface area contributed by atoms with Crippen molar-refractivity contribution >= 4 is 0 Å². The Morgan fingerprint density at radius 1 is 0.571 bits per heavy atom. The van der Waals surface area contributed by atoms with E-state index in [0.717, 1.165) is 0 Å². The lowest BCUT2D eigenvalue weighted by molar-refractivity contribution is -0.386. The molecular weight excluding hydrogens is 480 g/mol. The predicted molar refractivity (Wildman–Crippen MR) is 109 cm³/mol. The van der Waals surface area contributed by atoms with Crippen LogP contribution >= 0.6 is 0 Å². The van der Waals surface area contributed by atoms with Gasteiger partial charge in [0, 0.05) is 14.2 Å². The van der Waals surface area contributed by atoms with Gasteiger partial charge in [0.05, 0.1) is 19.3 Å². The van der Waals surface area contributed by atoms with E-state index in [2.05, 4.69) is 0 Å². The zero-order valence-corrected chi connectivity index (χ0v) is 19.5. The Hall–Kier alpha value is -0.600. The van der Waals surface area contributed by atoms with Crippen LogP contribution < -0.4 is 0 Å². The Balaban J connectivity index is 1.84. The minimum atomic E-state index is -1.80. The molecular formula is C20H36O15. The molecule has 3 aliphatic heterocycles. The van der Waals surface area contributed by atoms with Gasteiger partial charge < -0.3 is 74.0 Å². The normalized spacial score (nSPS) is 51.3. The molecule has 0 aliphatic carbocycles. The number of ether oxygens (including phenoxy) is 7. The Labute approximate surface area is 201 Å². The standard InChI is InChI=1S/C20H36O15/c1-6-14(29-2)16(30-3)13(27)19(31-6)35-17-10(24)9(23)7(4-21)33-20(17)34-15-8(5-22)32-18(28)12(26)11(15)25/h6-28H,4-5H2,1-3H3/t6-,7+,8-,9-,10-,11+,12+,13-,14+,15+,16-,17+,18?,19-,20-/m0/s1. The lowest BCUT2D eigenvalue weighted by atomic mass is 9.96. The Kier molecular flexibility index (Phi) is 10.2. The summed E-state index contributed by atoms with van der Waals surface area (Å²) in [6, 6.07) is 0. The quantitative estimate of drug-likeness (QED) is 0.151. The van der Waals surface area contributed by atoms with Crippen molar-refractivity contribution in [3.8, 4) is 0 Å². The summed E-state index contributed by atoms with van der Waals surface area (Å²) < 4.78 is 38.4. The number of hydrogen-bond donors (Lipinski definition) is 8. The largest absolute Gasteiger partial charge is 0.394 e. The van der Waals surface area contributed by atoms with E-state index in [4.69, 9.17) is 33.2 Å². The molecule has 0 amide bonds. The molecule has 3 rings (SSSR count). The third-order valence-electron chi connectivity index (χ3n) is 6.54. The summed E-state index contributed by atoms with van der Waals surface area (Å²) in [6.07, 6.45) is -21.0. The molecule has 8 N–H and O–H groups in total. The fourth-order valence-electron chi connectivity index (χ4n) is 4.55. The molecule has 0 aromatic heterocycles. The van der Waals surface area contributed by atoms with Crippen LogP contribution in [0.4, 0.5) is 0 Å². The molecule has 0 aromatic rings. The van der Waals surface area contributed by atoms with Gasteiger partial charge in [0.15, 0.2) is 18.9 Å². The van der Waals surface area contributed by atoms with Crippen LogP contribution in [0.1, 0.15) is 6.92 Å². The van der Waals surface area contributed by atoms with Crippen molar-refractivity contribution in [3.05, 3.63) is 0 Å². The second-order valence-corrected chi connectivity index (χ2v) is 8.74. The predicted octanol–water partition coefficient (Wildman–Crippen LogP) is -5.24. The van der Waals surface area contributed by atoms with E-state index in [9.17, 15) is 40.9 Å². The summed E-state index contributed by atoms with van der Waals surface area (Å²) in [7, 11) is 2.77. The lowest BCUT2D eigenvalue weighted by Crippen LogP contribution is -2.66. The molecule has 15 nitrogen and oxygen atoms in total. The van der Waals surface area contributed by atoms with Gasteiger partial charge in [-0.1, -0.05) is 0 Å². The molecule has 15 atom stereocenters. The number of aliphatic hydroxyl groups is 8. The maximum atomic E-state index is 10.8. The number of rotatable bonds is 8. The monoisotopic (exact) mass is 516 g/mol. The zero-order valence-electron chi connectivity index (χ0n) is 19.5. The highest BCUT2D eigenvalue weighted by Gasteiger charge is 2.53. The summed E-state index contributed by atoms with van der Waals surface area (Å²) in [5.41, 5.74) is 0. The van der Waals surface area contributed by atoms with E-state index in [-0.39, 0.29) is 0 Å². The molecule has 206 valence electrons. The molecule has 15 heteroatoms. The Morgan fingerprint density at radius 3 is 1.71 bits per heavy atom. The van der Waals surface area contributed by atoms with E-state index in [1.54, 1.807) is 6.92 Å². The summed E-state index contributed by atoms with van der Waals surface area (Å²) in [5.74, 6) is 0. The maximum Gasteiger partial charge on any atom is 0.187 e. The topological polar surface area (TPSA) is 226 Å². The van der Waals surface area contributed by atoms with Crippen LogP contribution in [0.15, 0.2) is 0 Å². The first-order chi connectivity index (χ1) is 16.6. The van der Waals surface area contributed by atoms with Crippen molar-refractivity contribution in [1.82, 2.24) is 0 Å². The van der Waals surface area contributed by atoms with Crippen LogP contribution in [0.2, 0.25) is 0 Å². The average molecular weight is 516 g/mol. The summed E-state index contributed by atoms with van der Waals surface area (Å²) in [5, 5.41) is 81.2. The number of hydrogen-bond acceptors (Lipinski definition) is 15. The van der Waals surface area contributed by atoms with Crippen molar-refractivity contribution < 1.29 is 74.0 Å². The Morgan fingerprint density at radius 2 is 1.14 bits per heavy atom. The van der Waals surface area contributed by atoms with Crippen molar-refractivity contribution in [3.63, 3.8) is 0 Å². The van der Waals surface area contributed by atoms with E-state index >= 15 is 0 Å². The highest BCUT2D eigenvalue weighted by molar-refractivity contribution is 4.96. The minimum Gasteiger partial charge on any atom is -0.394 e. The van der Waals surface area contributed by atoms with Crippen molar-refractivity contribution in [2.45, 2.75) is 99.0 Å². The van der Waals surface area contributed by atoms with Gasteiger partial charge in [0.1, 0.15) is 67.1 Å². The van der Waals surface area contributed by atoms with Crippen molar-refractivity contribution in [1.29, 1.82) is 0 Å². The molecule has 3 heterocycles. The summed E-state index contributed by atoms with van der Waals surface area (Å²) in [6.45, 7) is 0.198. The number of methoxy groups -OCH3 is 2. The highest BCUT2D eigenvalue weighted by atomic mass is 16.8. The van der Waals surface area contributed by atoms with E-state index in [1.807, 2.05) is 0 Å². The summed E-state index contributed by atoms with van der Waals surface area (Å²) >= 11 is 0. The molecule has 3 aliphatic rings. The molecule has 3 saturated heterocycles. The first kappa shape index (κ1) is 29.0. The first-order valence-corrected chi connectivity index (χ1v) is 11.2. The third kappa shape index (κ3) is 5.79. The SMILES string of the molecule is CO[C@H]1[C@H](O)[C@H](O[C@H]2[C@H](O[C@H]3[C@H](O)[C@@H](O)C(O)O[C@H]3CO)O[C@H](CO)[C@H](O)[C@@H]2O)O[C@@H](C)[C@H]1OC. The molecule has 3 fully saturated rings. The molecule has 0 bridgehead atoms. The van der Waals surface area contributed by atoms with Gasteiger partial charge in [-0.2, -0.15) is 0 Å². The third-order valence-corrected chi connectivity index (χ3v) is 6.54. The molecule has 1 unspecified atom stereocenters. The molecule has 35 heavy (non-hydrogen) atoms. The van der Waals surface area contributed by atoms with Gasteiger partial charge in [-0.15, -0.1) is 0 Å². The molecule has 0 spiro atoms. The molecule has 0 saturated carbocycles. The fraction of sp³-hybridized carbons (Fsp3) is 1.00. The van der Waals surface area contributed by atoms with Crippen molar-refractivity contribution in [2.24, 2.45) is 0 Å². The first-order valence-electron chi connectivity index (χ1n) is 11.2. The van der Waals surface area contributed by atoms with Gasteiger partial charge in [-0.05, 0) is 6.92 Å². The fourth-order valence-corrected chi connectivity index (χ4v) is 4.55. The smallest absolute Gasteiger partial charge is 0.187 e. The second-order valence-electron chi connectivity index (χ2n) is 8.74. The van der Waals surface area contributed by atoms with Gasteiger partial charge in [0.2, 0.25) is 0 Å². The average Bonchev–Trinajstić information content (AvgIpc) is 2.84. The minimum absolute atomic E-state index is 0.626. The molecule has 0 aromatic carbocycles. The summed E-state index contributed by atoms with van der Waals surface area (Å²) in [4.78, 5) is 0. The number of aliphatic hydroxyl groups excluding tert-OH is 8. The van der Waals surface area contributed by atoms with Crippen LogP contribution in [0.3, 0.4) is 0 Å². The van der Waals surface area contributed by atoms with Crippen LogP contribution in [-0.4, -0.2) is 160 Å².